The van der Waals surface area contributed by atoms with Crippen molar-refractivity contribution in [3.8, 4) is 5.75 Å². The van der Waals surface area contributed by atoms with Gasteiger partial charge in [0.1, 0.15) is 11.7 Å². The molecule has 3 aliphatic carbocycles. The summed E-state index contributed by atoms with van der Waals surface area (Å²) >= 11 is 0. The molecule has 7 nitrogen and oxygen atoms in total. The number of benzene rings is 3. The van der Waals surface area contributed by atoms with Gasteiger partial charge in [0.25, 0.3) is 5.54 Å². The van der Waals surface area contributed by atoms with E-state index in [4.69, 9.17) is 0 Å². The Bertz CT molecular complexity index is 1250. The standard InChI is InChI=1S/C24H16N2O5/c27-14-11-9-13(10-12-14)25-22(28)20-19-15-5-1-3-7-17(15)24(26(30)31,21(20)23(25)29)18-8-4-2-6-16(18)19/h1-12,19-21,27H/t19?,20-,21-,24?/m0/s1. The lowest BCUT2D eigenvalue weighted by Crippen LogP contribution is -2.57. The van der Waals surface area contributed by atoms with E-state index in [1.807, 2.05) is 24.3 Å². The molecule has 3 aromatic carbocycles. The number of carbonyl (C=O) groups is 2. The van der Waals surface area contributed by atoms with Gasteiger partial charge in [0, 0.05) is 22.0 Å². The van der Waals surface area contributed by atoms with E-state index in [2.05, 4.69) is 0 Å². The number of rotatable bonds is 2. The van der Waals surface area contributed by atoms with Gasteiger partial charge in [-0.1, -0.05) is 48.5 Å². The van der Waals surface area contributed by atoms with Crippen LogP contribution < -0.4 is 4.90 Å². The van der Waals surface area contributed by atoms with Crippen LogP contribution >= 0.6 is 0 Å². The minimum atomic E-state index is -1.83. The summed E-state index contributed by atoms with van der Waals surface area (Å²) in [6.07, 6.45) is 0. The zero-order valence-electron chi connectivity index (χ0n) is 16.1. The molecule has 7 heteroatoms. The zero-order valence-corrected chi connectivity index (χ0v) is 16.1. The molecule has 0 unspecified atom stereocenters. The Hall–Kier alpha value is -4.00. The van der Waals surface area contributed by atoms with Gasteiger partial charge in [0.2, 0.25) is 11.8 Å². The van der Waals surface area contributed by atoms with Crippen molar-refractivity contribution in [3.63, 3.8) is 0 Å². The minimum Gasteiger partial charge on any atom is -0.508 e. The molecule has 152 valence electrons. The summed E-state index contributed by atoms with van der Waals surface area (Å²) in [4.78, 5) is 40.8. The monoisotopic (exact) mass is 412 g/mol. The number of phenols is 1. The van der Waals surface area contributed by atoms with E-state index >= 15 is 0 Å². The molecule has 0 spiro atoms. The molecule has 2 atom stereocenters. The number of anilines is 1. The number of amides is 2. The summed E-state index contributed by atoms with van der Waals surface area (Å²) in [6, 6.07) is 19.9. The van der Waals surface area contributed by atoms with E-state index in [1.165, 1.54) is 24.3 Å². The zero-order chi connectivity index (χ0) is 21.5. The van der Waals surface area contributed by atoms with Crippen LogP contribution in [0.1, 0.15) is 28.2 Å². The Morgan fingerprint density at radius 2 is 1.39 bits per heavy atom. The average Bonchev–Trinajstić information content (AvgIpc) is 3.05. The number of hydrogen-bond donors (Lipinski definition) is 1. The van der Waals surface area contributed by atoms with Gasteiger partial charge in [-0.3, -0.25) is 19.7 Å². The average molecular weight is 412 g/mol. The molecule has 1 saturated heterocycles. The number of phenolic OH excluding ortho intramolecular Hbond substituents is 1. The van der Waals surface area contributed by atoms with Crippen LogP contribution in [0.25, 0.3) is 0 Å². The van der Waals surface area contributed by atoms with Crippen LogP contribution in [-0.2, 0) is 15.1 Å². The quantitative estimate of drug-likeness (QED) is 0.396. The van der Waals surface area contributed by atoms with E-state index in [-0.39, 0.29) is 10.7 Å². The van der Waals surface area contributed by atoms with Crippen LogP contribution in [0.4, 0.5) is 5.69 Å². The van der Waals surface area contributed by atoms with E-state index in [1.54, 1.807) is 24.3 Å². The Balaban J connectivity index is 1.67. The first-order valence-electron chi connectivity index (χ1n) is 9.98. The highest BCUT2D eigenvalue weighted by Gasteiger charge is 2.74. The van der Waals surface area contributed by atoms with Gasteiger partial charge in [-0.05, 0) is 35.4 Å². The van der Waals surface area contributed by atoms with Crippen LogP contribution in [0.2, 0.25) is 0 Å². The van der Waals surface area contributed by atoms with Crippen molar-refractivity contribution in [2.75, 3.05) is 4.90 Å². The van der Waals surface area contributed by atoms with Crippen molar-refractivity contribution in [3.05, 3.63) is 105 Å². The molecular weight excluding hydrogens is 396 g/mol. The molecule has 2 bridgehead atoms. The number of aromatic hydroxyl groups is 1. The van der Waals surface area contributed by atoms with Gasteiger partial charge >= 0.3 is 0 Å². The first-order valence-corrected chi connectivity index (χ1v) is 9.98. The molecule has 1 heterocycles. The molecule has 0 aromatic heterocycles. The van der Waals surface area contributed by atoms with Crippen LogP contribution in [0.15, 0.2) is 72.8 Å². The van der Waals surface area contributed by atoms with Gasteiger partial charge in [-0.15, -0.1) is 0 Å². The van der Waals surface area contributed by atoms with Gasteiger partial charge in [0.05, 0.1) is 11.6 Å². The fourth-order valence-corrected chi connectivity index (χ4v) is 5.90. The maximum Gasteiger partial charge on any atom is 0.285 e. The third-order valence-electron chi connectivity index (χ3n) is 6.97. The van der Waals surface area contributed by atoms with Gasteiger partial charge in [-0.2, -0.15) is 0 Å². The molecular formula is C24H16N2O5. The third-order valence-corrected chi connectivity index (χ3v) is 6.97. The molecule has 7 rings (SSSR count). The number of nitrogens with zero attached hydrogens (tertiary/aromatic N) is 2. The van der Waals surface area contributed by atoms with Gasteiger partial charge in [-0.25, -0.2) is 4.90 Å². The van der Waals surface area contributed by atoms with E-state index < -0.39 is 35.1 Å². The van der Waals surface area contributed by atoms with E-state index in [9.17, 15) is 24.8 Å². The summed E-state index contributed by atoms with van der Waals surface area (Å²) in [5, 5.41) is 22.4. The Labute approximate surface area is 176 Å². The SMILES string of the molecule is O=C1[C@@H]2[C@@H](C(=O)N1c1ccc(O)cc1)C1c3ccccc3C2([N+](=O)[O-])c2ccccc21. The smallest absolute Gasteiger partial charge is 0.285 e. The molecule has 2 amide bonds. The number of carbonyl (C=O) groups excluding carboxylic acids is 2. The maximum atomic E-state index is 13.7. The van der Waals surface area contributed by atoms with Crippen molar-refractivity contribution in [2.45, 2.75) is 11.5 Å². The third kappa shape index (κ3) is 1.93. The molecule has 31 heavy (non-hydrogen) atoms. The summed E-state index contributed by atoms with van der Waals surface area (Å²) in [5.41, 5.74) is 0.900. The van der Waals surface area contributed by atoms with Gasteiger partial charge < -0.3 is 5.11 Å². The van der Waals surface area contributed by atoms with Crippen LogP contribution in [-0.4, -0.2) is 21.8 Å². The summed E-state index contributed by atoms with van der Waals surface area (Å²) < 4.78 is 0. The predicted molar refractivity (Wildman–Crippen MR) is 110 cm³/mol. The lowest BCUT2D eigenvalue weighted by Gasteiger charge is -2.48. The lowest BCUT2D eigenvalue weighted by molar-refractivity contribution is -0.578. The normalized spacial score (nSPS) is 27.6. The summed E-state index contributed by atoms with van der Waals surface area (Å²) in [5.74, 6) is -3.46. The molecule has 3 aromatic rings. The highest BCUT2D eigenvalue weighted by molar-refractivity contribution is 6.23. The molecule has 0 saturated carbocycles. The second-order valence-electron chi connectivity index (χ2n) is 8.21. The predicted octanol–water partition coefficient (Wildman–Crippen LogP) is 3.18. The van der Waals surface area contributed by atoms with Gasteiger partial charge in [0.15, 0.2) is 0 Å². The second kappa shape index (κ2) is 5.78. The Morgan fingerprint density at radius 3 is 1.94 bits per heavy atom. The summed E-state index contributed by atoms with van der Waals surface area (Å²) in [6.45, 7) is 0. The van der Waals surface area contributed by atoms with Crippen molar-refractivity contribution in [1.82, 2.24) is 0 Å². The van der Waals surface area contributed by atoms with Crippen molar-refractivity contribution >= 4 is 17.5 Å². The minimum absolute atomic E-state index is 0.00176. The van der Waals surface area contributed by atoms with E-state index in [0.717, 1.165) is 16.0 Å². The maximum absolute atomic E-state index is 13.7. The lowest BCUT2D eigenvalue weighted by atomic mass is 9.51. The van der Waals surface area contributed by atoms with Crippen LogP contribution in [0.5, 0.6) is 5.75 Å². The Morgan fingerprint density at radius 1 is 0.839 bits per heavy atom. The highest BCUT2D eigenvalue weighted by Crippen LogP contribution is 2.64. The molecule has 1 fully saturated rings. The summed E-state index contributed by atoms with van der Waals surface area (Å²) in [7, 11) is 0. The van der Waals surface area contributed by atoms with Crippen molar-refractivity contribution < 1.29 is 19.6 Å². The Kier molecular flexibility index (Phi) is 3.33. The number of nitro groups is 1. The molecule has 4 aliphatic rings. The topological polar surface area (TPSA) is 101 Å². The number of hydrogen-bond acceptors (Lipinski definition) is 5. The molecule has 1 N–H and O–H groups in total. The second-order valence-corrected chi connectivity index (χ2v) is 8.21. The highest BCUT2D eigenvalue weighted by atomic mass is 16.6. The fraction of sp³-hybridized carbons (Fsp3) is 0.167. The first kappa shape index (κ1) is 17.8. The van der Waals surface area contributed by atoms with E-state index in [0.29, 0.717) is 16.8 Å². The molecule has 0 radical (unpaired) electrons. The van der Waals surface area contributed by atoms with Crippen LogP contribution in [0, 0.1) is 22.0 Å². The van der Waals surface area contributed by atoms with Crippen LogP contribution in [0.3, 0.4) is 0 Å². The fourth-order valence-electron chi connectivity index (χ4n) is 5.90. The largest absolute Gasteiger partial charge is 0.508 e. The van der Waals surface area contributed by atoms with Crippen molar-refractivity contribution in [1.29, 1.82) is 0 Å². The molecule has 1 aliphatic heterocycles. The first-order chi connectivity index (χ1) is 15.0. The number of imide groups is 1. The van der Waals surface area contributed by atoms with Crippen molar-refractivity contribution in [2.24, 2.45) is 11.8 Å².